The molecular formula is C18H21FN2O2S. The molecule has 1 aliphatic heterocycles. The van der Waals surface area contributed by atoms with Crippen molar-refractivity contribution in [3.8, 4) is 0 Å². The number of ether oxygens (including phenoxy) is 1. The molecule has 1 aromatic heterocycles. The maximum Gasteiger partial charge on any atom is 0.236 e. The molecule has 3 rings (SSSR count). The summed E-state index contributed by atoms with van der Waals surface area (Å²) >= 11 is 1.50. The molecule has 1 aromatic carbocycles. The van der Waals surface area contributed by atoms with Crippen molar-refractivity contribution in [1.29, 1.82) is 0 Å². The molecule has 1 saturated heterocycles. The second-order valence-electron chi connectivity index (χ2n) is 6.38. The van der Waals surface area contributed by atoms with Crippen molar-refractivity contribution in [2.24, 2.45) is 0 Å². The molecule has 0 unspecified atom stereocenters. The van der Waals surface area contributed by atoms with Crippen molar-refractivity contribution in [2.45, 2.75) is 38.0 Å². The summed E-state index contributed by atoms with van der Waals surface area (Å²) in [5, 5.41) is 3.57. The zero-order valence-electron chi connectivity index (χ0n) is 13.8. The van der Waals surface area contributed by atoms with Crippen LogP contribution in [-0.4, -0.2) is 24.1 Å². The molecule has 1 fully saturated rings. The molecule has 0 bridgehead atoms. The maximum atomic E-state index is 13.3. The number of nitrogens with one attached hydrogen (secondary N) is 1. The predicted molar refractivity (Wildman–Crippen MR) is 93.0 cm³/mol. The number of halogens is 1. The first-order chi connectivity index (χ1) is 11.5. The highest BCUT2D eigenvalue weighted by Gasteiger charge is 2.42. The molecule has 0 atom stereocenters. The fraction of sp³-hybridized carbons (Fsp3) is 0.444. The smallest absolute Gasteiger partial charge is 0.236 e. The Hall–Kier alpha value is -1.79. The third-order valence-electron chi connectivity index (χ3n) is 4.49. The van der Waals surface area contributed by atoms with Gasteiger partial charge in [-0.15, -0.1) is 11.3 Å². The van der Waals surface area contributed by atoms with Gasteiger partial charge >= 0.3 is 0 Å². The first-order valence-corrected chi connectivity index (χ1v) is 8.94. The average Bonchev–Trinajstić information content (AvgIpc) is 3.05. The zero-order valence-corrected chi connectivity index (χ0v) is 14.7. The minimum absolute atomic E-state index is 0.0953. The standard InChI is InChI=1S/C18H21FN2O2S/c1-12(2)15-11-20-17(24-15)21-16(22)18(7-9-23-10-8-18)13-3-5-14(19)6-4-13/h3-6,11-12H,7-10H2,1-2H3,(H,20,21,22). The number of anilines is 1. The first kappa shape index (κ1) is 17.0. The van der Waals surface area contributed by atoms with Crippen molar-refractivity contribution in [1.82, 2.24) is 4.98 Å². The minimum atomic E-state index is -0.699. The highest BCUT2D eigenvalue weighted by atomic mass is 32.1. The molecule has 0 aliphatic carbocycles. The predicted octanol–water partition coefficient (Wildman–Crippen LogP) is 4.09. The normalized spacial score (nSPS) is 17.0. The monoisotopic (exact) mass is 348 g/mol. The molecule has 24 heavy (non-hydrogen) atoms. The summed E-state index contributed by atoms with van der Waals surface area (Å²) in [7, 11) is 0. The van der Waals surface area contributed by atoms with Crippen LogP contribution in [0.25, 0.3) is 0 Å². The van der Waals surface area contributed by atoms with Gasteiger partial charge in [-0.05, 0) is 36.5 Å². The van der Waals surface area contributed by atoms with Crippen molar-refractivity contribution < 1.29 is 13.9 Å². The largest absolute Gasteiger partial charge is 0.381 e. The Kier molecular flexibility index (Phi) is 4.96. The Bertz CT molecular complexity index is 706. The van der Waals surface area contributed by atoms with Crippen molar-refractivity contribution in [3.63, 3.8) is 0 Å². The maximum absolute atomic E-state index is 13.3. The number of aromatic nitrogens is 1. The molecule has 6 heteroatoms. The van der Waals surface area contributed by atoms with Crippen LogP contribution >= 0.6 is 11.3 Å². The summed E-state index contributed by atoms with van der Waals surface area (Å²) in [5.74, 6) is -0.0211. The van der Waals surface area contributed by atoms with Gasteiger partial charge in [-0.2, -0.15) is 0 Å². The lowest BCUT2D eigenvalue weighted by Crippen LogP contribution is -2.44. The van der Waals surface area contributed by atoms with Crippen LogP contribution in [0.2, 0.25) is 0 Å². The van der Waals surface area contributed by atoms with E-state index in [2.05, 4.69) is 24.1 Å². The molecule has 1 aliphatic rings. The van der Waals surface area contributed by atoms with Crippen LogP contribution in [0.15, 0.2) is 30.5 Å². The van der Waals surface area contributed by atoms with E-state index in [0.29, 0.717) is 37.1 Å². The Morgan fingerprint density at radius 1 is 1.29 bits per heavy atom. The van der Waals surface area contributed by atoms with E-state index in [1.54, 1.807) is 18.3 Å². The number of benzene rings is 1. The van der Waals surface area contributed by atoms with Gasteiger partial charge in [-0.1, -0.05) is 26.0 Å². The fourth-order valence-electron chi connectivity index (χ4n) is 2.96. The van der Waals surface area contributed by atoms with Crippen molar-refractivity contribution in [2.75, 3.05) is 18.5 Å². The lowest BCUT2D eigenvalue weighted by molar-refractivity contribution is -0.125. The van der Waals surface area contributed by atoms with E-state index in [1.165, 1.54) is 23.5 Å². The molecule has 0 saturated carbocycles. The number of thiazole rings is 1. The number of amides is 1. The molecule has 4 nitrogen and oxygen atoms in total. The first-order valence-electron chi connectivity index (χ1n) is 8.12. The van der Waals surface area contributed by atoms with Crippen LogP contribution in [0.5, 0.6) is 0 Å². The minimum Gasteiger partial charge on any atom is -0.381 e. The van der Waals surface area contributed by atoms with Gasteiger partial charge in [0.1, 0.15) is 5.82 Å². The topological polar surface area (TPSA) is 51.2 Å². The van der Waals surface area contributed by atoms with Crippen LogP contribution in [-0.2, 0) is 14.9 Å². The van der Waals surface area contributed by atoms with E-state index >= 15 is 0 Å². The lowest BCUT2D eigenvalue weighted by Gasteiger charge is -2.36. The van der Waals surface area contributed by atoms with E-state index in [4.69, 9.17) is 4.74 Å². The molecule has 1 N–H and O–H groups in total. The summed E-state index contributed by atoms with van der Waals surface area (Å²) in [5.41, 5.74) is 0.126. The highest BCUT2D eigenvalue weighted by Crippen LogP contribution is 2.37. The van der Waals surface area contributed by atoms with E-state index in [9.17, 15) is 9.18 Å². The number of hydrogen-bond acceptors (Lipinski definition) is 4. The van der Waals surface area contributed by atoms with Gasteiger partial charge in [-0.3, -0.25) is 4.79 Å². The number of carbonyl (C=O) groups is 1. The second kappa shape index (κ2) is 6.99. The third-order valence-corrected chi connectivity index (χ3v) is 5.70. The van der Waals surface area contributed by atoms with E-state index in [-0.39, 0.29) is 11.7 Å². The summed E-state index contributed by atoms with van der Waals surface area (Å²) in [4.78, 5) is 18.5. The van der Waals surface area contributed by atoms with Gasteiger partial charge in [-0.25, -0.2) is 9.37 Å². The van der Waals surface area contributed by atoms with Crippen LogP contribution < -0.4 is 5.32 Å². The number of rotatable bonds is 4. The number of nitrogens with zero attached hydrogens (tertiary/aromatic N) is 1. The van der Waals surface area contributed by atoms with E-state index in [1.807, 2.05) is 0 Å². The van der Waals surface area contributed by atoms with Crippen molar-refractivity contribution >= 4 is 22.4 Å². The Labute approximate surface area is 145 Å². The summed E-state index contributed by atoms with van der Waals surface area (Å²) in [6, 6.07) is 6.20. The quantitative estimate of drug-likeness (QED) is 0.905. The number of hydrogen-bond donors (Lipinski definition) is 1. The molecular weight excluding hydrogens is 327 g/mol. The average molecular weight is 348 g/mol. The molecule has 0 radical (unpaired) electrons. The molecule has 2 aromatic rings. The van der Waals surface area contributed by atoms with Gasteiger partial charge in [0.05, 0.1) is 5.41 Å². The van der Waals surface area contributed by atoms with Crippen LogP contribution in [0, 0.1) is 5.82 Å². The molecule has 0 spiro atoms. The molecule has 2 heterocycles. The summed E-state index contributed by atoms with van der Waals surface area (Å²) in [6.45, 7) is 5.22. The Morgan fingerprint density at radius 3 is 2.54 bits per heavy atom. The summed E-state index contributed by atoms with van der Waals surface area (Å²) in [6.07, 6.45) is 2.96. The van der Waals surface area contributed by atoms with Gasteiger partial charge in [0, 0.05) is 24.3 Å². The highest BCUT2D eigenvalue weighted by molar-refractivity contribution is 7.15. The second-order valence-corrected chi connectivity index (χ2v) is 7.44. The fourth-order valence-corrected chi connectivity index (χ4v) is 3.78. The zero-order chi connectivity index (χ0) is 17.2. The summed E-state index contributed by atoms with van der Waals surface area (Å²) < 4.78 is 18.7. The third kappa shape index (κ3) is 3.35. The van der Waals surface area contributed by atoms with E-state index in [0.717, 1.165) is 10.4 Å². The molecule has 1 amide bonds. The van der Waals surface area contributed by atoms with E-state index < -0.39 is 5.41 Å². The Morgan fingerprint density at radius 2 is 1.96 bits per heavy atom. The number of carbonyl (C=O) groups excluding carboxylic acids is 1. The van der Waals surface area contributed by atoms with Crippen molar-refractivity contribution in [3.05, 3.63) is 46.7 Å². The van der Waals surface area contributed by atoms with Gasteiger partial charge in [0.15, 0.2) is 5.13 Å². The lowest BCUT2D eigenvalue weighted by atomic mass is 9.73. The Balaban J connectivity index is 1.87. The molecule has 128 valence electrons. The van der Waals surface area contributed by atoms with Gasteiger partial charge < -0.3 is 10.1 Å². The van der Waals surface area contributed by atoms with Crippen LogP contribution in [0.1, 0.15) is 43.0 Å². The van der Waals surface area contributed by atoms with Gasteiger partial charge in [0.25, 0.3) is 0 Å². The SMILES string of the molecule is CC(C)c1cnc(NC(=O)C2(c3ccc(F)cc3)CCOCC2)s1. The van der Waals surface area contributed by atoms with Crippen LogP contribution in [0.3, 0.4) is 0 Å². The van der Waals surface area contributed by atoms with Gasteiger partial charge in [0.2, 0.25) is 5.91 Å². The van der Waals surface area contributed by atoms with Crippen LogP contribution in [0.4, 0.5) is 9.52 Å².